The van der Waals surface area contributed by atoms with Crippen LogP contribution in [-0.4, -0.2) is 17.6 Å². The van der Waals surface area contributed by atoms with Crippen molar-refractivity contribution in [2.24, 2.45) is 11.1 Å². The van der Waals surface area contributed by atoms with Crippen LogP contribution in [0.25, 0.3) is 0 Å². The van der Waals surface area contributed by atoms with Gasteiger partial charge in [0.2, 0.25) is 0 Å². The van der Waals surface area contributed by atoms with Crippen LogP contribution in [0.2, 0.25) is 0 Å². The molecule has 0 bridgehead atoms. The van der Waals surface area contributed by atoms with Gasteiger partial charge in [0, 0.05) is 6.42 Å². The highest BCUT2D eigenvalue weighted by atomic mass is 16.4. The number of nitrogens with two attached hydrogens (primary N) is 1. The Morgan fingerprint density at radius 3 is 1.60 bits per heavy atom. The van der Waals surface area contributed by atoms with Crippen LogP contribution in [0.1, 0.15) is 124 Å². The Bertz CT molecular complexity index is 262. The maximum Gasteiger partial charge on any atom is 0.303 e. The molecule has 3 N–H and O–H groups in total. The summed E-state index contributed by atoms with van der Waals surface area (Å²) in [4.78, 5) is 10.2. The Balaban J connectivity index is 0. The second-order valence-corrected chi connectivity index (χ2v) is 8.49. The fourth-order valence-electron chi connectivity index (χ4n) is 2.74. The summed E-state index contributed by atoms with van der Waals surface area (Å²) in [5.74, 6) is -0.675. The molecule has 0 amide bonds. The maximum atomic E-state index is 10.2. The van der Waals surface area contributed by atoms with Gasteiger partial charge in [0.05, 0.1) is 0 Å². The van der Waals surface area contributed by atoms with E-state index < -0.39 is 5.97 Å². The number of rotatable bonds is 15. The third-order valence-corrected chi connectivity index (χ3v) is 4.38. The largest absolute Gasteiger partial charge is 0.481 e. The number of carboxylic acid groups (broad SMARTS) is 1. The molecule has 0 aromatic heterocycles. The van der Waals surface area contributed by atoms with Crippen LogP contribution in [-0.2, 0) is 4.79 Å². The number of hydrogen-bond acceptors (Lipinski definition) is 2. The molecule has 3 nitrogen and oxygen atoms in total. The molecule has 0 aromatic carbocycles. The highest BCUT2D eigenvalue weighted by Crippen LogP contribution is 2.22. The van der Waals surface area contributed by atoms with Crippen molar-refractivity contribution in [3.8, 4) is 0 Å². The van der Waals surface area contributed by atoms with E-state index in [1.165, 1.54) is 70.6 Å². The van der Waals surface area contributed by atoms with Gasteiger partial charge < -0.3 is 10.8 Å². The minimum atomic E-state index is -0.675. The molecule has 0 aliphatic heterocycles. The van der Waals surface area contributed by atoms with Crippen LogP contribution in [0.5, 0.6) is 0 Å². The van der Waals surface area contributed by atoms with Crippen molar-refractivity contribution in [2.75, 3.05) is 6.54 Å². The average Bonchev–Trinajstić information content (AvgIpc) is 2.52. The van der Waals surface area contributed by atoms with E-state index in [0.717, 1.165) is 25.8 Å². The van der Waals surface area contributed by atoms with Crippen LogP contribution in [0.15, 0.2) is 0 Å². The van der Waals surface area contributed by atoms with Crippen molar-refractivity contribution in [3.63, 3.8) is 0 Å². The average molecular weight is 358 g/mol. The van der Waals surface area contributed by atoms with Gasteiger partial charge in [-0.15, -0.1) is 0 Å². The second kappa shape index (κ2) is 19.8. The molecule has 0 unspecified atom stereocenters. The van der Waals surface area contributed by atoms with Gasteiger partial charge in [-0.25, -0.2) is 0 Å². The minimum Gasteiger partial charge on any atom is -0.481 e. The molecule has 0 rings (SSSR count). The summed E-state index contributed by atoms with van der Waals surface area (Å²) in [5, 5.41) is 8.37. The molecule has 0 aliphatic rings. The van der Waals surface area contributed by atoms with E-state index in [0.29, 0.717) is 11.8 Å². The Labute approximate surface area is 158 Å². The van der Waals surface area contributed by atoms with Gasteiger partial charge in [-0.2, -0.15) is 0 Å². The van der Waals surface area contributed by atoms with Crippen molar-refractivity contribution >= 4 is 5.97 Å². The third kappa shape index (κ3) is 31.7. The van der Waals surface area contributed by atoms with Crippen LogP contribution < -0.4 is 5.73 Å². The SMILES string of the molecule is CC(C)(C)CCCCCC(=O)O.CCCCCCCCCCCCN. The first-order chi connectivity index (χ1) is 11.8. The van der Waals surface area contributed by atoms with Gasteiger partial charge in [-0.3, -0.25) is 4.79 Å². The summed E-state index contributed by atoms with van der Waals surface area (Å²) in [6.07, 6.45) is 18.5. The Hall–Kier alpha value is -0.570. The molecule has 0 spiro atoms. The van der Waals surface area contributed by atoms with Gasteiger partial charge in [0.25, 0.3) is 0 Å². The van der Waals surface area contributed by atoms with Crippen LogP contribution in [0, 0.1) is 5.41 Å². The monoisotopic (exact) mass is 357 g/mol. The molecule has 3 heteroatoms. The lowest BCUT2D eigenvalue weighted by Crippen LogP contribution is -2.04. The highest BCUT2D eigenvalue weighted by molar-refractivity contribution is 5.66. The van der Waals surface area contributed by atoms with Crippen LogP contribution in [0.3, 0.4) is 0 Å². The first kappa shape index (κ1) is 26.7. The first-order valence-corrected chi connectivity index (χ1v) is 10.8. The standard InChI is InChI=1S/C12H27N.C10H20O2/c1-2-3-4-5-6-7-8-9-10-11-12-13;1-10(2,3)8-6-4-5-7-9(11)12/h2-13H2,1H3;4-8H2,1-3H3,(H,11,12). The molecule has 0 heterocycles. The molecule has 0 saturated carbocycles. The van der Waals surface area contributed by atoms with E-state index in [1.54, 1.807) is 0 Å². The highest BCUT2D eigenvalue weighted by Gasteiger charge is 2.08. The predicted octanol–water partition coefficient (Wildman–Crippen LogP) is 6.93. The lowest BCUT2D eigenvalue weighted by molar-refractivity contribution is -0.137. The Morgan fingerprint density at radius 2 is 1.20 bits per heavy atom. The summed E-state index contributed by atoms with van der Waals surface area (Å²) >= 11 is 0. The van der Waals surface area contributed by atoms with E-state index >= 15 is 0 Å². The lowest BCUT2D eigenvalue weighted by Gasteiger charge is -2.17. The molecular formula is C22H47NO2. The Kier molecular flexibility index (Phi) is 21.1. The molecule has 0 saturated heterocycles. The van der Waals surface area contributed by atoms with E-state index in [9.17, 15) is 4.79 Å². The summed E-state index contributed by atoms with van der Waals surface area (Å²) in [5.41, 5.74) is 5.82. The predicted molar refractivity (Wildman–Crippen MR) is 111 cm³/mol. The zero-order chi connectivity index (χ0) is 19.4. The summed E-state index contributed by atoms with van der Waals surface area (Å²) in [6.45, 7) is 9.78. The zero-order valence-electron chi connectivity index (χ0n) is 17.7. The summed E-state index contributed by atoms with van der Waals surface area (Å²) in [7, 11) is 0. The quantitative estimate of drug-likeness (QED) is 0.312. The molecule has 25 heavy (non-hydrogen) atoms. The molecule has 0 atom stereocenters. The van der Waals surface area contributed by atoms with Crippen molar-refractivity contribution in [1.82, 2.24) is 0 Å². The summed E-state index contributed by atoms with van der Waals surface area (Å²) in [6, 6.07) is 0. The fraction of sp³-hybridized carbons (Fsp3) is 0.955. The van der Waals surface area contributed by atoms with E-state index in [-0.39, 0.29) is 0 Å². The number of carbonyl (C=O) groups is 1. The Morgan fingerprint density at radius 1 is 0.760 bits per heavy atom. The second-order valence-electron chi connectivity index (χ2n) is 8.49. The number of aliphatic carboxylic acids is 1. The van der Waals surface area contributed by atoms with Gasteiger partial charge >= 0.3 is 5.97 Å². The molecule has 0 aliphatic carbocycles. The van der Waals surface area contributed by atoms with Gasteiger partial charge in [0.1, 0.15) is 0 Å². The molecule has 152 valence electrons. The first-order valence-electron chi connectivity index (χ1n) is 10.8. The van der Waals surface area contributed by atoms with Crippen LogP contribution >= 0.6 is 0 Å². The number of hydrogen-bond donors (Lipinski definition) is 2. The minimum absolute atomic E-state index is 0.324. The molecule has 0 aromatic rings. The molecule has 0 radical (unpaired) electrons. The van der Waals surface area contributed by atoms with Gasteiger partial charge in [-0.1, -0.05) is 98.3 Å². The number of carboxylic acids is 1. The molecular weight excluding hydrogens is 310 g/mol. The summed E-state index contributed by atoms with van der Waals surface area (Å²) < 4.78 is 0. The van der Waals surface area contributed by atoms with Crippen molar-refractivity contribution in [1.29, 1.82) is 0 Å². The van der Waals surface area contributed by atoms with E-state index in [1.807, 2.05) is 0 Å². The van der Waals surface area contributed by atoms with Crippen molar-refractivity contribution in [2.45, 2.75) is 124 Å². The van der Waals surface area contributed by atoms with Crippen molar-refractivity contribution in [3.05, 3.63) is 0 Å². The van der Waals surface area contributed by atoms with E-state index in [4.69, 9.17) is 10.8 Å². The fourth-order valence-corrected chi connectivity index (χ4v) is 2.74. The zero-order valence-corrected chi connectivity index (χ0v) is 17.7. The third-order valence-electron chi connectivity index (χ3n) is 4.38. The van der Waals surface area contributed by atoms with Crippen molar-refractivity contribution < 1.29 is 9.90 Å². The normalized spacial score (nSPS) is 11.1. The maximum absolute atomic E-state index is 10.2. The lowest BCUT2D eigenvalue weighted by atomic mass is 9.89. The smallest absolute Gasteiger partial charge is 0.303 e. The topological polar surface area (TPSA) is 63.3 Å². The van der Waals surface area contributed by atoms with Gasteiger partial charge in [-0.05, 0) is 31.2 Å². The van der Waals surface area contributed by atoms with Gasteiger partial charge in [0.15, 0.2) is 0 Å². The molecule has 0 fully saturated rings. The van der Waals surface area contributed by atoms with E-state index in [2.05, 4.69) is 27.7 Å². The van der Waals surface area contributed by atoms with Crippen LogP contribution in [0.4, 0.5) is 0 Å². The number of unbranched alkanes of at least 4 members (excludes halogenated alkanes) is 11.